The van der Waals surface area contributed by atoms with Crippen LogP contribution in [0.1, 0.15) is 13.8 Å². The molecule has 20 heavy (non-hydrogen) atoms. The highest BCUT2D eigenvalue weighted by Gasteiger charge is 2.16. The van der Waals surface area contributed by atoms with Crippen molar-refractivity contribution in [3.63, 3.8) is 0 Å². The van der Waals surface area contributed by atoms with Gasteiger partial charge in [0, 0.05) is 16.7 Å². The van der Waals surface area contributed by atoms with Crippen molar-refractivity contribution >= 4 is 37.5 Å². The van der Waals surface area contributed by atoms with E-state index in [4.69, 9.17) is 5.73 Å². The van der Waals surface area contributed by atoms with Gasteiger partial charge in [0.1, 0.15) is 0 Å². The number of hydrogen-bond acceptors (Lipinski definition) is 4. The molecule has 6 nitrogen and oxygen atoms in total. The molecule has 0 aromatic heterocycles. The number of anilines is 1. The number of benzene rings is 1. The van der Waals surface area contributed by atoms with Crippen LogP contribution in [0.15, 0.2) is 27.6 Å². The third kappa shape index (κ3) is 5.10. The summed E-state index contributed by atoms with van der Waals surface area (Å²) >= 11 is 3.19. The van der Waals surface area contributed by atoms with Gasteiger partial charge in [-0.1, -0.05) is 13.8 Å². The number of carbonyl (C=O) groups is 1. The number of nitrogens with two attached hydrogens (primary N) is 1. The van der Waals surface area contributed by atoms with Gasteiger partial charge in [-0.05, 0) is 40.0 Å². The number of halogens is 1. The molecule has 1 aromatic carbocycles. The summed E-state index contributed by atoms with van der Waals surface area (Å²) < 4.78 is 26.8. The third-order valence-corrected chi connectivity index (χ3v) is 4.53. The molecule has 0 bridgehead atoms. The molecule has 1 amide bonds. The molecule has 0 aliphatic rings. The summed E-state index contributed by atoms with van der Waals surface area (Å²) in [5.41, 5.74) is 5.95. The summed E-state index contributed by atoms with van der Waals surface area (Å²) in [5, 5.41) is 2.63. The van der Waals surface area contributed by atoms with Crippen molar-refractivity contribution in [2.45, 2.75) is 18.7 Å². The van der Waals surface area contributed by atoms with Crippen molar-refractivity contribution in [1.29, 1.82) is 0 Å². The van der Waals surface area contributed by atoms with Gasteiger partial charge in [0.25, 0.3) is 0 Å². The van der Waals surface area contributed by atoms with Crippen LogP contribution in [0.5, 0.6) is 0 Å². The molecule has 8 heteroatoms. The normalized spacial score (nSPS) is 11.6. The first-order valence-electron chi connectivity index (χ1n) is 6.04. The Labute approximate surface area is 127 Å². The van der Waals surface area contributed by atoms with E-state index in [-0.39, 0.29) is 17.3 Å². The van der Waals surface area contributed by atoms with E-state index in [1.807, 2.05) is 13.8 Å². The number of nitrogens with one attached hydrogen (secondary N) is 2. The van der Waals surface area contributed by atoms with Crippen molar-refractivity contribution in [2.24, 2.45) is 5.92 Å². The molecule has 0 saturated carbocycles. The highest BCUT2D eigenvalue weighted by atomic mass is 79.9. The lowest BCUT2D eigenvalue weighted by molar-refractivity contribution is -0.120. The molecule has 1 rings (SSSR count). The lowest BCUT2D eigenvalue weighted by atomic mass is 10.2. The van der Waals surface area contributed by atoms with Crippen LogP contribution in [0.25, 0.3) is 0 Å². The topological polar surface area (TPSA) is 101 Å². The minimum Gasteiger partial charge on any atom is -0.398 e. The van der Waals surface area contributed by atoms with E-state index >= 15 is 0 Å². The van der Waals surface area contributed by atoms with Crippen LogP contribution >= 0.6 is 15.9 Å². The Bertz CT molecular complexity index is 588. The second kappa shape index (κ2) is 7.05. The maximum Gasteiger partial charge on any atom is 0.241 e. The van der Waals surface area contributed by atoms with Gasteiger partial charge >= 0.3 is 0 Å². The van der Waals surface area contributed by atoms with Crippen molar-refractivity contribution in [3.05, 3.63) is 22.7 Å². The summed E-state index contributed by atoms with van der Waals surface area (Å²) in [4.78, 5) is 11.5. The average Bonchev–Trinajstić information content (AvgIpc) is 2.37. The van der Waals surface area contributed by atoms with E-state index in [0.29, 0.717) is 22.6 Å². The highest BCUT2D eigenvalue weighted by Crippen LogP contribution is 2.22. The first-order valence-corrected chi connectivity index (χ1v) is 8.31. The number of hydrogen-bond donors (Lipinski definition) is 3. The van der Waals surface area contributed by atoms with Crippen LogP contribution in [0, 0.1) is 5.92 Å². The molecule has 112 valence electrons. The summed E-state index contributed by atoms with van der Waals surface area (Å²) in [6.07, 6.45) is 0. The van der Waals surface area contributed by atoms with Gasteiger partial charge in [-0.2, -0.15) is 0 Å². The Morgan fingerprint density at radius 2 is 2.05 bits per heavy atom. The maximum atomic E-state index is 12.0. The third-order valence-electron chi connectivity index (χ3n) is 2.41. The Morgan fingerprint density at radius 3 is 2.60 bits per heavy atom. The number of rotatable bonds is 6. The molecule has 0 aliphatic heterocycles. The summed E-state index contributed by atoms with van der Waals surface area (Å²) in [6, 6.07) is 4.29. The zero-order valence-corrected chi connectivity index (χ0v) is 13.7. The minimum atomic E-state index is -3.74. The molecule has 0 heterocycles. The standard InChI is InChI=1S/C12H18BrN3O3S/c1-8(2)6-15-12(17)7-16-20(18,19)9-3-4-10(13)11(14)5-9/h3-5,8,16H,6-7,14H2,1-2H3,(H,15,17). The molecule has 0 fully saturated rings. The number of amides is 1. The van der Waals surface area contributed by atoms with Crippen LogP contribution in [0.3, 0.4) is 0 Å². The number of carbonyl (C=O) groups excluding carboxylic acids is 1. The summed E-state index contributed by atoms with van der Waals surface area (Å²) in [7, 11) is -3.74. The first kappa shape index (κ1) is 16.9. The van der Waals surface area contributed by atoms with Crippen LogP contribution in [-0.4, -0.2) is 27.4 Å². The van der Waals surface area contributed by atoms with Crippen molar-refractivity contribution in [3.8, 4) is 0 Å². The predicted molar refractivity (Wildman–Crippen MR) is 81.6 cm³/mol. The zero-order valence-electron chi connectivity index (χ0n) is 11.3. The van der Waals surface area contributed by atoms with Gasteiger partial charge in [0.05, 0.1) is 11.4 Å². The second-order valence-electron chi connectivity index (χ2n) is 4.71. The van der Waals surface area contributed by atoms with E-state index in [9.17, 15) is 13.2 Å². The van der Waals surface area contributed by atoms with Gasteiger partial charge in [0.2, 0.25) is 15.9 Å². The molecule has 4 N–H and O–H groups in total. The van der Waals surface area contributed by atoms with Crippen LogP contribution in [-0.2, 0) is 14.8 Å². The molecule has 0 saturated heterocycles. The predicted octanol–water partition coefficient (Wildman–Crippen LogP) is 1.08. The summed E-state index contributed by atoms with van der Waals surface area (Å²) in [6.45, 7) is 4.11. The fourth-order valence-electron chi connectivity index (χ4n) is 1.31. The SMILES string of the molecule is CC(C)CNC(=O)CNS(=O)(=O)c1ccc(Br)c(N)c1. The molecular weight excluding hydrogens is 346 g/mol. The van der Waals surface area contributed by atoms with E-state index in [0.717, 1.165) is 0 Å². The Kier molecular flexibility index (Phi) is 5.97. The van der Waals surface area contributed by atoms with E-state index in [1.54, 1.807) is 6.07 Å². The Hall–Kier alpha value is -1.12. The quantitative estimate of drug-likeness (QED) is 0.658. The number of sulfonamides is 1. The highest BCUT2D eigenvalue weighted by molar-refractivity contribution is 9.10. The van der Waals surface area contributed by atoms with Gasteiger partial charge in [-0.3, -0.25) is 4.79 Å². The van der Waals surface area contributed by atoms with Crippen molar-refractivity contribution in [2.75, 3.05) is 18.8 Å². The molecule has 0 atom stereocenters. The fraction of sp³-hybridized carbons (Fsp3) is 0.417. The lowest BCUT2D eigenvalue weighted by Gasteiger charge is -2.10. The van der Waals surface area contributed by atoms with E-state index in [1.165, 1.54) is 12.1 Å². The molecule has 0 aliphatic carbocycles. The van der Waals surface area contributed by atoms with Gasteiger partial charge < -0.3 is 11.1 Å². The van der Waals surface area contributed by atoms with E-state index < -0.39 is 10.0 Å². The first-order chi connectivity index (χ1) is 9.22. The molecule has 0 spiro atoms. The summed E-state index contributed by atoms with van der Waals surface area (Å²) in [5.74, 6) is -0.0609. The zero-order chi connectivity index (χ0) is 15.3. The van der Waals surface area contributed by atoms with Crippen LogP contribution < -0.4 is 15.8 Å². The van der Waals surface area contributed by atoms with Gasteiger partial charge in [-0.25, -0.2) is 13.1 Å². The fourth-order valence-corrected chi connectivity index (χ4v) is 2.58. The lowest BCUT2D eigenvalue weighted by Crippen LogP contribution is -2.38. The van der Waals surface area contributed by atoms with Crippen molar-refractivity contribution in [1.82, 2.24) is 10.0 Å². The Morgan fingerprint density at radius 1 is 1.40 bits per heavy atom. The van der Waals surface area contributed by atoms with E-state index in [2.05, 4.69) is 26.0 Å². The van der Waals surface area contributed by atoms with Gasteiger partial charge in [0.15, 0.2) is 0 Å². The molecule has 0 unspecified atom stereocenters. The van der Waals surface area contributed by atoms with Crippen LogP contribution in [0.4, 0.5) is 5.69 Å². The Balaban J connectivity index is 2.66. The largest absolute Gasteiger partial charge is 0.398 e. The van der Waals surface area contributed by atoms with Crippen LogP contribution in [0.2, 0.25) is 0 Å². The maximum absolute atomic E-state index is 12.0. The van der Waals surface area contributed by atoms with Crippen molar-refractivity contribution < 1.29 is 13.2 Å². The second-order valence-corrected chi connectivity index (χ2v) is 7.33. The average molecular weight is 364 g/mol. The smallest absolute Gasteiger partial charge is 0.241 e. The van der Waals surface area contributed by atoms with Gasteiger partial charge in [-0.15, -0.1) is 0 Å². The minimum absolute atomic E-state index is 0.0230. The molecular formula is C12H18BrN3O3S. The molecule has 1 aromatic rings. The number of nitrogen functional groups attached to an aromatic ring is 1. The monoisotopic (exact) mass is 363 g/mol. The molecule has 0 radical (unpaired) electrons.